The first kappa shape index (κ1) is 26.2. The maximum Gasteiger partial charge on any atom is 0.264 e. The lowest BCUT2D eigenvalue weighted by atomic mass is 10.1. The van der Waals surface area contributed by atoms with E-state index in [2.05, 4.69) is 4.98 Å². The van der Waals surface area contributed by atoms with Crippen molar-refractivity contribution in [3.63, 3.8) is 0 Å². The summed E-state index contributed by atoms with van der Waals surface area (Å²) in [7, 11) is 1.87. The van der Waals surface area contributed by atoms with E-state index in [-0.39, 0.29) is 11.4 Å². The lowest BCUT2D eigenvalue weighted by Gasteiger charge is -2.28. The summed E-state index contributed by atoms with van der Waals surface area (Å²) in [6, 6.07) is 12.9. The Balaban J connectivity index is 1.81. The largest absolute Gasteiger partial charge is 0.493 e. The van der Waals surface area contributed by atoms with Crippen LogP contribution in [-0.2, 0) is 16.6 Å². The number of hydrogen-bond donors (Lipinski definition) is 0. The Bertz CT molecular complexity index is 1430. The van der Waals surface area contributed by atoms with Crippen molar-refractivity contribution in [1.82, 2.24) is 4.98 Å². The average molecular weight is 527 g/mol. The van der Waals surface area contributed by atoms with E-state index in [1.807, 2.05) is 26.0 Å². The van der Waals surface area contributed by atoms with E-state index < -0.39 is 15.6 Å². The van der Waals surface area contributed by atoms with Gasteiger partial charge in [-0.1, -0.05) is 0 Å². The number of methoxy groups -OCH3 is 4. The second-order valence-electron chi connectivity index (χ2n) is 8.79. The van der Waals surface area contributed by atoms with Crippen LogP contribution in [0, 0.1) is 0 Å². The number of rotatable bonds is 9. The molecule has 0 bridgehead atoms. The van der Waals surface area contributed by atoms with Gasteiger partial charge in [-0.3, -0.25) is 4.31 Å². The molecule has 0 saturated heterocycles. The van der Waals surface area contributed by atoms with Crippen molar-refractivity contribution >= 4 is 21.8 Å². The van der Waals surface area contributed by atoms with Gasteiger partial charge in [0.1, 0.15) is 17.0 Å². The van der Waals surface area contributed by atoms with Crippen molar-refractivity contribution in [2.75, 3.05) is 32.7 Å². The Hall–Kier alpha value is -3.92. The summed E-state index contributed by atoms with van der Waals surface area (Å²) in [4.78, 5) is 4.70. The molecule has 0 fully saturated rings. The normalized spacial score (nSPS) is 13.8. The Morgan fingerprint density at radius 1 is 0.838 bits per heavy atom. The molecule has 0 N–H and O–H groups in total. The predicted octanol–water partition coefficient (Wildman–Crippen LogP) is 4.70. The molecule has 4 rings (SSSR count). The van der Waals surface area contributed by atoms with Crippen LogP contribution in [0.5, 0.6) is 28.7 Å². The average Bonchev–Trinajstić information content (AvgIpc) is 2.90. The number of ether oxygens (including phenoxy) is 5. The molecule has 9 nitrogen and oxygen atoms in total. The first-order valence-corrected chi connectivity index (χ1v) is 12.9. The van der Waals surface area contributed by atoms with Crippen molar-refractivity contribution in [3.8, 4) is 28.7 Å². The molecule has 0 saturated carbocycles. The Morgan fingerprint density at radius 3 is 2.11 bits per heavy atom. The number of hydrogen-bond acceptors (Lipinski definition) is 8. The van der Waals surface area contributed by atoms with Gasteiger partial charge in [-0.15, -0.1) is 0 Å². The Morgan fingerprint density at radius 2 is 1.46 bits per heavy atom. The van der Waals surface area contributed by atoms with Crippen LogP contribution in [0.4, 0.5) is 5.69 Å². The molecule has 37 heavy (non-hydrogen) atoms. The molecule has 0 spiro atoms. The molecule has 1 aromatic heterocycles. The van der Waals surface area contributed by atoms with E-state index in [1.54, 1.807) is 36.4 Å². The third kappa shape index (κ3) is 5.29. The minimum Gasteiger partial charge on any atom is -0.493 e. The second kappa shape index (κ2) is 10.2. The van der Waals surface area contributed by atoms with Gasteiger partial charge in [-0.25, -0.2) is 13.4 Å². The zero-order valence-electron chi connectivity index (χ0n) is 21.6. The van der Waals surface area contributed by atoms with Crippen LogP contribution in [0.15, 0.2) is 59.5 Å². The minimum absolute atomic E-state index is 0.0304. The molecular formula is C27H30N2O7S. The van der Waals surface area contributed by atoms with Crippen LogP contribution < -0.4 is 28.0 Å². The fourth-order valence-electron chi connectivity index (χ4n) is 3.94. The lowest BCUT2D eigenvalue weighted by Crippen LogP contribution is -2.31. The molecule has 2 aromatic carbocycles. The fourth-order valence-corrected chi connectivity index (χ4v) is 5.39. The summed E-state index contributed by atoms with van der Waals surface area (Å²) in [5, 5.41) is 0. The van der Waals surface area contributed by atoms with Gasteiger partial charge >= 0.3 is 0 Å². The first-order valence-electron chi connectivity index (χ1n) is 11.5. The van der Waals surface area contributed by atoms with Crippen LogP contribution in [-0.4, -0.2) is 47.4 Å². The molecule has 3 aromatic rings. The quantitative estimate of drug-likeness (QED) is 0.396. The fraction of sp³-hybridized carbons (Fsp3) is 0.296. The first-order chi connectivity index (χ1) is 17.6. The van der Waals surface area contributed by atoms with Crippen LogP contribution in [0.2, 0.25) is 0 Å². The van der Waals surface area contributed by atoms with Crippen molar-refractivity contribution in [2.24, 2.45) is 0 Å². The van der Waals surface area contributed by atoms with Gasteiger partial charge in [0.05, 0.1) is 51.3 Å². The van der Waals surface area contributed by atoms with E-state index in [1.165, 1.54) is 44.9 Å². The molecule has 196 valence electrons. The zero-order chi connectivity index (χ0) is 26.8. The van der Waals surface area contributed by atoms with E-state index >= 15 is 0 Å². The van der Waals surface area contributed by atoms with E-state index in [0.717, 1.165) is 0 Å². The molecule has 0 atom stereocenters. The highest BCUT2D eigenvalue weighted by Gasteiger charge is 2.29. The molecule has 0 amide bonds. The summed E-state index contributed by atoms with van der Waals surface area (Å²) < 4.78 is 56.7. The third-order valence-corrected chi connectivity index (χ3v) is 7.63. The summed E-state index contributed by atoms with van der Waals surface area (Å²) in [6.45, 7) is 3.86. The molecule has 0 unspecified atom stereocenters. The maximum atomic E-state index is 14.0. The van der Waals surface area contributed by atoms with Gasteiger partial charge in [0.2, 0.25) is 0 Å². The van der Waals surface area contributed by atoms with Crippen LogP contribution in [0.25, 0.3) is 6.08 Å². The number of nitrogens with zero attached hydrogens (tertiary/aromatic N) is 2. The molecule has 0 aliphatic carbocycles. The molecule has 1 aliphatic rings. The van der Waals surface area contributed by atoms with Gasteiger partial charge in [0, 0.05) is 12.1 Å². The lowest BCUT2D eigenvalue weighted by molar-refractivity contribution is 0.158. The standard InChI is InChI=1S/C27H30N2O7S/c1-27(2)14-13-21-22(36-27)10-7-18(28-21)17-29(19-8-11-23(32-3)25(15-19)34-5)37(30,31)20-9-12-24(33-4)26(16-20)35-6/h7-16H,17H2,1-6H3. The van der Waals surface area contributed by atoms with E-state index in [0.29, 0.717) is 45.8 Å². The van der Waals surface area contributed by atoms with Crippen molar-refractivity contribution in [3.05, 3.63) is 66.0 Å². The summed E-state index contributed by atoms with van der Waals surface area (Å²) >= 11 is 0. The Labute approximate surface area is 217 Å². The van der Waals surface area contributed by atoms with Gasteiger partial charge in [-0.05, 0) is 62.4 Å². The topological polar surface area (TPSA) is 96.4 Å². The summed E-state index contributed by atoms with van der Waals surface area (Å²) in [5.41, 5.74) is 1.09. The van der Waals surface area contributed by atoms with Crippen molar-refractivity contribution in [1.29, 1.82) is 0 Å². The molecular weight excluding hydrogens is 496 g/mol. The summed E-state index contributed by atoms with van der Waals surface area (Å²) in [6.07, 6.45) is 3.80. The van der Waals surface area contributed by atoms with Gasteiger partial charge in [0.25, 0.3) is 10.0 Å². The van der Waals surface area contributed by atoms with E-state index in [9.17, 15) is 8.42 Å². The van der Waals surface area contributed by atoms with Gasteiger partial charge < -0.3 is 23.7 Å². The molecule has 0 radical (unpaired) electrons. The minimum atomic E-state index is -4.08. The number of anilines is 1. The van der Waals surface area contributed by atoms with Crippen LogP contribution in [0.1, 0.15) is 25.2 Å². The van der Waals surface area contributed by atoms with Crippen molar-refractivity contribution < 1.29 is 32.1 Å². The third-order valence-electron chi connectivity index (χ3n) is 5.86. The zero-order valence-corrected chi connectivity index (χ0v) is 22.5. The van der Waals surface area contributed by atoms with Gasteiger partial charge in [-0.2, -0.15) is 0 Å². The highest BCUT2D eigenvalue weighted by atomic mass is 32.2. The van der Waals surface area contributed by atoms with Crippen LogP contribution >= 0.6 is 0 Å². The maximum absolute atomic E-state index is 14.0. The van der Waals surface area contributed by atoms with E-state index in [4.69, 9.17) is 23.7 Å². The van der Waals surface area contributed by atoms with Gasteiger partial charge in [0.15, 0.2) is 23.0 Å². The number of fused-ring (bicyclic) bond motifs is 1. The molecule has 2 heterocycles. The number of sulfonamides is 1. The number of pyridine rings is 1. The summed E-state index contributed by atoms with van der Waals surface area (Å²) in [5.74, 6) is 2.23. The highest BCUT2D eigenvalue weighted by Crippen LogP contribution is 2.37. The monoisotopic (exact) mass is 526 g/mol. The predicted molar refractivity (Wildman–Crippen MR) is 140 cm³/mol. The Kier molecular flexibility index (Phi) is 7.22. The highest BCUT2D eigenvalue weighted by molar-refractivity contribution is 7.92. The number of benzene rings is 2. The number of aromatic nitrogens is 1. The van der Waals surface area contributed by atoms with Crippen LogP contribution in [0.3, 0.4) is 0 Å². The second-order valence-corrected chi connectivity index (χ2v) is 10.7. The molecule has 10 heteroatoms. The smallest absolute Gasteiger partial charge is 0.264 e. The SMILES string of the molecule is COc1ccc(N(Cc2ccc3c(n2)C=CC(C)(C)O3)S(=O)(=O)c2ccc(OC)c(OC)c2)cc1OC. The molecule has 1 aliphatic heterocycles. The van der Waals surface area contributed by atoms with Crippen molar-refractivity contribution in [2.45, 2.75) is 30.9 Å².